The molecule has 0 unspecified atom stereocenters. The first-order chi connectivity index (χ1) is 9.55. The van der Waals surface area contributed by atoms with E-state index in [1.54, 1.807) is 6.20 Å². The van der Waals surface area contributed by atoms with Crippen molar-refractivity contribution in [2.75, 3.05) is 40.4 Å². The van der Waals surface area contributed by atoms with Crippen LogP contribution in [0.4, 0.5) is 0 Å². The number of aliphatic hydroxyl groups is 1. The van der Waals surface area contributed by atoms with Gasteiger partial charge in [0.1, 0.15) is 10.2 Å². The van der Waals surface area contributed by atoms with E-state index < -0.39 is 0 Å². The number of nitrogens with zero attached hydrogens (tertiary/aromatic N) is 2. The van der Waals surface area contributed by atoms with E-state index >= 15 is 0 Å². The molecule has 0 saturated heterocycles. The van der Waals surface area contributed by atoms with Crippen LogP contribution in [0.3, 0.4) is 0 Å². The third kappa shape index (κ3) is 7.40. The van der Waals surface area contributed by atoms with Gasteiger partial charge in [-0.05, 0) is 60.4 Å². The molecule has 1 N–H and O–H groups in total. The average molecular weight is 393 g/mol. The second kappa shape index (κ2) is 9.52. The lowest BCUT2D eigenvalue weighted by Crippen LogP contribution is -2.42. The standard InChI is InChI=1S/C15H26IN2O2/c1-18(2,11-12-19)10-5-3-4-6-13-20-14-8-7-9-17-15(14)16/h7-9,19H,3-6,10-13H2,1-2H3/q+1. The third-order valence-electron chi connectivity index (χ3n) is 3.35. The maximum Gasteiger partial charge on any atom is 0.151 e. The summed E-state index contributed by atoms with van der Waals surface area (Å²) in [6.07, 6.45) is 6.48. The van der Waals surface area contributed by atoms with Gasteiger partial charge in [0.25, 0.3) is 0 Å². The highest BCUT2D eigenvalue weighted by molar-refractivity contribution is 14.1. The van der Waals surface area contributed by atoms with E-state index in [0.29, 0.717) is 0 Å². The van der Waals surface area contributed by atoms with Crippen LogP contribution in [0.5, 0.6) is 5.75 Å². The van der Waals surface area contributed by atoms with Crippen molar-refractivity contribution in [2.24, 2.45) is 0 Å². The lowest BCUT2D eigenvalue weighted by molar-refractivity contribution is -0.890. The quantitative estimate of drug-likeness (QED) is 0.288. The molecule has 0 bridgehead atoms. The number of aliphatic hydroxyl groups excluding tert-OH is 1. The number of rotatable bonds is 10. The summed E-state index contributed by atoms with van der Waals surface area (Å²) < 4.78 is 7.54. The predicted octanol–water partition coefficient (Wildman–Crippen LogP) is 2.69. The third-order valence-corrected chi connectivity index (χ3v) is 4.16. The Morgan fingerprint density at radius 2 is 1.95 bits per heavy atom. The molecule has 1 heterocycles. The molecule has 0 aliphatic rings. The number of ether oxygens (including phenoxy) is 1. The zero-order valence-corrected chi connectivity index (χ0v) is 14.7. The van der Waals surface area contributed by atoms with Crippen molar-refractivity contribution in [1.29, 1.82) is 0 Å². The molecule has 1 aromatic rings. The summed E-state index contributed by atoms with van der Waals surface area (Å²) in [5.74, 6) is 0.883. The Morgan fingerprint density at radius 1 is 1.20 bits per heavy atom. The highest BCUT2D eigenvalue weighted by Crippen LogP contribution is 2.17. The highest BCUT2D eigenvalue weighted by atomic mass is 127. The molecular weight excluding hydrogens is 367 g/mol. The normalized spacial score (nSPS) is 11.6. The number of aromatic nitrogens is 1. The Bertz CT molecular complexity index is 386. The molecule has 114 valence electrons. The second-order valence-electron chi connectivity index (χ2n) is 5.66. The average Bonchev–Trinajstić information content (AvgIpc) is 2.39. The van der Waals surface area contributed by atoms with Gasteiger partial charge in [0, 0.05) is 6.20 Å². The molecule has 0 saturated carbocycles. The molecule has 0 radical (unpaired) electrons. The number of pyridine rings is 1. The smallest absolute Gasteiger partial charge is 0.151 e. The lowest BCUT2D eigenvalue weighted by atomic mass is 10.2. The van der Waals surface area contributed by atoms with Crippen LogP contribution in [-0.2, 0) is 0 Å². The lowest BCUT2D eigenvalue weighted by Gasteiger charge is -2.28. The molecule has 1 rings (SSSR count). The molecule has 0 aromatic carbocycles. The largest absolute Gasteiger partial charge is 0.491 e. The molecule has 0 aliphatic heterocycles. The van der Waals surface area contributed by atoms with Crippen LogP contribution in [-0.4, -0.2) is 55.0 Å². The van der Waals surface area contributed by atoms with Crippen LogP contribution >= 0.6 is 22.6 Å². The first-order valence-corrected chi connectivity index (χ1v) is 8.29. The molecule has 5 heteroatoms. The summed E-state index contributed by atoms with van der Waals surface area (Å²) in [6.45, 7) is 2.99. The van der Waals surface area contributed by atoms with Gasteiger partial charge >= 0.3 is 0 Å². The second-order valence-corrected chi connectivity index (χ2v) is 6.68. The zero-order chi connectivity index (χ0) is 14.8. The van der Waals surface area contributed by atoms with Crippen molar-refractivity contribution in [1.82, 2.24) is 4.98 Å². The molecule has 1 aromatic heterocycles. The first kappa shape index (κ1) is 17.7. The SMILES string of the molecule is C[N+](C)(CCO)CCCCCCOc1cccnc1I. The first-order valence-electron chi connectivity index (χ1n) is 7.21. The molecule has 4 nitrogen and oxygen atoms in total. The molecular formula is C15H26IN2O2+. The van der Waals surface area contributed by atoms with Crippen molar-refractivity contribution in [3.8, 4) is 5.75 Å². The highest BCUT2D eigenvalue weighted by Gasteiger charge is 2.12. The van der Waals surface area contributed by atoms with Crippen LogP contribution < -0.4 is 4.74 Å². The van der Waals surface area contributed by atoms with Gasteiger partial charge in [-0.25, -0.2) is 4.98 Å². The minimum atomic E-state index is 0.268. The van der Waals surface area contributed by atoms with Gasteiger partial charge < -0.3 is 14.3 Å². The van der Waals surface area contributed by atoms with Gasteiger partial charge in [0.15, 0.2) is 5.75 Å². The number of hydrogen-bond donors (Lipinski definition) is 1. The molecule has 20 heavy (non-hydrogen) atoms. The monoisotopic (exact) mass is 393 g/mol. The van der Waals surface area contributed by atoms with E-state index in [9.17, 15) is 0 Å². The Balaban J connectivity index is 2.04. The summed E-state index contributed by atoms with van der Waals surface area (Å²) in [4.78, 5) is 4.19. The van der Waals surface area contributed by atoms with Crippen molar-refractivity contribution in [3.63, 3.8) is 0 Å². The zero-order valence-electron chi connectivity index (χ0n) is 12.5. The maximum absolute atomic E-state index is 8.97. The summed E-state index contributed by atoms with van der Waals surface area (Å²) in [5.41, 5.74) is 0. The topological polar surface area (TPSA) is 42.4 Å². The number of hydrogen-bond acceptors (Lipinski definition) is 3. The van der Waals surface area contributed by atoms with Crippen LogP contribution in [0.1, 0.15) is 25.7 Å². The number of halogens is 1. The number of unbranched alkanes of at least 4 members (excludes halogenated alkanes) is 3. The van der Waals surface area contributed by atoms with Gasteiger partial charge in [-0.2, -0.15) is 0 Å². The fourth-order valence-corrected chi connectivity index (χ4v) is 2.54. The van der Waals surface area contributed by atoms with Crippen LogP contribution in [0.25, 0.3) is 0 Å². The van der Waals surface area contributed by atoms with Crippen LogP contribution in [0.15, 0.2) is 18.3 Å². The Hall–Kier alpha value is -0.400. The molecule has 0 fully saturated rings. The minimum absolute atomic E-state index is 0.268. The van der Waals surface area contributed by atoms with E-state index in [-0.39, 0.29) is 6.61 Å². The Kier molecular flexibility index (Phi) is 8.40. The minimum Gasteiger partial charge on any atom is -0.491 e. The summed E-state index contributed by atoms with van der Waals surface area (Å²) in [7, 11) is 4.34. The van der Waals surface area contributed by atoms with Crippen molar-refractivity contribution in [3.05, 3.63) is 22.0 Å². The fraction of sp³-hybridized carbons (Fsp3) is 0.667. The van der Waals surface area contributed by atoms with E-state index in [1.165, 1.54) is 19.3 Å². The van der Waals surface area contributed by atoms with Crippen molar-refractivity contribution in [2.45, 2.75) is 25.7 Å². The molecule has 0 spiro atoms. The van der Waals surface area contributed by atoms with Gasteiger partial charge in [0.2, 0.25) is 0 Å². The molecule has 0 atom stereocenters. The van der Waals surface area contributed by atoms with Crippen LogP contribution in [0, 0.1) is 3.70 Å². The molecule has 0 aliphatic carbocycles. The van der Waals surface area contributed by atoms with Gasteiger partial charge in [-0.1, -0.05) is 0 Å². The number of likely N-dealkylation sites (N-methyl/N-ethyl adjacent to an activating group) is 1. The van der Waals surface area contributed by atoms with E-state index in [2.05, 4.69) is 41.7 Å². The Morgan fingerprint density at radius 3 is 2.65 bits per heavy atom. The van der Waals surface area contributed by atoms with Gasteiger partial charge in [-0.15, -0.1) is 0 Å². The summed E-state index contributed by atoms with van der Waals surface area (Å²) in [5, 5.41) is 8.97. The fourth-order valence-electron chi connectivity index (χ4n) is 2.04. The van der Waals surface area contributed by atoms with Gasteiger partial charge in [0.05, 0.1) is 33.9 Å². The summed E-state index contributed by atoms with van der Waals surface area (Å²) in [6, 6.07) is 3.86. The van der Waals surface area contributed by atoms with Gasteiger partial charge in [-0.3, -0.25) is 0 Å². The van der Waals surface area contributed by atoms with E-state index in [4.69, 9.17) is 9.84 Å². The van der Waals surface area contributed by atoms with E-state index in [1.807, 2.05) is 12.1 Å². The summed E-state index contributed by atoms with van der Waals surface area (Å²) >= 11 is 2.19. The molecule has 0 amide bonds. The van der Waals surface area contributed by atoms with E-state index in [0.717, 1.165) is 40.1 Å². The maximum atomic E-state index is 8.97. The van der Waals surface area contributed by atoms with Crippen LogP contribution in [0.2, 0.25) is 0 Å². The number of quaternary nitrogens is 1. The predicted molar refractivity (Wildman–Crippen MR) is 89.8 cm³/mol. The Labute approximate surface area is 135 Å². The van der Waals surface area contributed by atoms with Crippen molar-refractivity contribution < 1.29 is 14.3 Å². The van der Waals surface area contributed by atoms with Crippen molar-refractivity contribution >= 4 is 22.6 Å².